The van der Waals surface area contributed by atoms with Gasteiger partial charge in [0.15, 0.2) is 0 Å². The maximum Gasteiger partial charge on any atom is 0.235 e. The second-order valence-corrected chi connectivity index (χ2v) is 6.71. The van der Waals surface area contributed by atoms with Gasteiger partial charge in [0, 0.05) is 26.1 Å². The van der Waals surface area contributed by atoms with Crippen molar-refractivity contribution in [1.82, 2.24) is 10.2 Å². The number of hydrogen-bond acceptors (Lipinski definition) is 3. The van der Waals surface area contributed by atoms with Gasteiger partial charge >= 0.3 is 0 Å². The summed E-state index contributed by atoms with van der Waals surface area (Å²) in [4.78, 5) is 26.3. The van der Waals surface area contributed by atoms with Crippen molar-refractivity contribution >= 4 is 29.0 Å². The van der Waals surface area contributed by atoms with E-state index in [9.17, 15) is 9.59 Å². The summed E-state index contributed by atoms with van der Waals surface area (Å²) in [6.07, 6.45) is 6.37. The fourth-order valence-corrected chi connectivity index (χ4v) is 3.83. The van der Waals surface area contributed by atoms with Gasteiger partial charge in [-0.15, -0.1) is 0 Å². The Morgan fingerprint density at radius 3 is 2.24 bits per heavy atom. The number of likely N-dealkylation sites (tertiary alicyclic amines) is 1. The third kappa shape index (κ3) is 3.54. The molecule has 0 aromatic heterocycles. The molecule has 0 radical (unpaired) electrons. The van der Waals surface area contributed by atoms with Crippen LogP contribution in [0.4, 0.5) is 0 Å². The monoisotopic (exact) mass is 311 g/mol. The van der Waals surface area contributed by atoms with Crippen LogP contribution in [0.3, 0.4) is 0 Å². The summed E-state index contributed by atoms with van der Waals surface area (Å²) in [7, 11) is 0. The van der Waals surface area contributed by atoms with Gasteiger partial charge in [-0.05, 0) is 25.7 Å². The molecule has 0 atom stereocenters. The third-order valence-electron chi connectivity index (χ3n) is 4.78. The zero-order valence-corrected chi connectivity index (χ0v) is 13.5. The van der Waals surface area contributed by atoms with E-state index in [0.29, 0.717) is 18.1 Å². The Labute approximate surface area is 131 Å². The molecule has 1 aliphatic heterocycles. The summed E-state index contributed by atoms with van der Waals surface area (Å²) in [5.41, 5.74) is 5.31. The minimum atomic E-state index is -0.617. The van der Waals surface area contributed by atoms with E-state index in [-0.39, 0.29) is 17.9 Å². The molecule has 5 nitrogen and oxygen atoms in total. The van der Waals surface area contributed by atoms with E-state index < -0.39 is 5.41 Å². The number of nitrogens with zero attached hydrogens (tertiary/aromatic N) is 1. The molecule has 0 unspecified atom stereocenters. The summed E-state index contributed by atoms with van der Waals surface area (Å²) in [6, 6.07) is 0.179. The van der Waals surface area contributed by atoms with Crippen molar-refractivity contribution in [3.63, 3.8) is 0 Å². The number of thiocarbonyl (C=S) groups is 1. The number of piperidine rings is 1. The minimum absolute atomic E-state index is 0.00772. The van der Waals surface area contributed by atoms with Gasteiger partial charge in [-0.2, -0.15) is 0 Å². The lowest BCUT2D eigenvalue weighted by Crippen LogP contribution is -2.55. The molecule has 0 bridgehead atoms. The van der Waals surface area contributed by atoms with Crippen LogP contribution in [0.5, 0.6) is 0 Å². The lowest BCUT2D eigenvalue weighted by molar-refractivity contribution is -0.141. The average molecular weight is 311 g/mol. The number of carbonyl (C=O) groups excluding carboxylic acids is 2. The van der Waals surface area contributed by atoms with E-state index in [4.69, 9.17) is 18.0 Å². The fraction of sp³-hybridized carbons (Fsp3) is 0.800. The van der Waals surface area contributed by atoms with Crippen LogP contribution >= 0.6 is 12.2 Å². The molecule has 118 valence electrons. The van der Waals surface area contributed by atoms with Crippen LogP contribution in [0.15, 0.2) is 0 Å². The molecule has 1 saturated carbocycles. The Kier molecular flexibility index (Phi) is 5.19. The molecule has 2 aliphatic rings. The van der Waals surface area contributed by atoms with Gasteiger partial charge in [-0.25, -0.2) is 0 Å². The van der Waals surface area contributed by atoms with Crippen molar-refractivity contribution < 1.29 is 9.59 Å². The highest BCUT2D eigenvalue weighted by atomic mass is 32.1. The normalized spacial score (nSPS) is 22.6. The standard InChI is InChI=1S/C15H25N3O2S/c1-11(19)17-12-5-9-18(10-6-12)14(20)15(13(16)21)7-3-2-4-8-15/h12H,2-10H2,1H3,(H2,16,21)(H,17,19). The Morgan fingerprint density at radius 2 is 1.76 bits per heavy atom. The van der Waals surface area contributed by atoms with Crippen LogP contribution in [-0.2, 0) is 9.59 Å². The highest BCUT2D eigenvalue weighted by molar-refractivity contribution is 7.80. The van der Waals surface area contributed by atoms with Gasteiger partial charge < -0.3 is 16.0 Å². The van der Waals surface area contributed by atoms with Gasteiger partial charge in [0.25, 0.3) is 0 Å². The van der Waals surface area contributed by atoms with Crippen LogP contribution in [0.1, 0.15) is 51.9 Å². The first-order valence-electron chi connectivity index (χ1n) is 7.82. The number of nitrogens with one attached hydrogen (secondary N) is 1. The second kappa shape index (κ2) is 6.73. The molecule has 3 N–H and O–H groups in total. The summed E-state index contributed by atoms with van der Waals surface area (Å²) in [6.45, 7) is 2.88. The van der Waals surface area contributed by atoms with E-state index in [1.54, 1.807) is 0 Å². The number of nitrogens with two attached hydrogens (primary N) is 1. The zero-order chi connectivity index (χ0) is 15.5. The molecule has 1 heterocycles. The number of rotatable bonds is 3. The van der Waals surface area contributed by atoms with Crippen molar-refractivity contribution in [1.29, 1.82) is 0 Å². The molecule has 2 fully saturated rings. The summed E-state index contributed by atoms with van der Waals surface area (Å²) in [5, 5.41) is 2.93. The summed E-state index contributed by atoms with van der Waals surface area (Å²) in [5.74, 6) is 0.0997. The Bertz CT molecular complexity index is 425. The van der Waals surface area contributed by atoms with E-state index in [1.807, 2.05) is 4.90 Å². The van der Waals surface area contributed by atoms with Gasteiger partial charge in [0.05, 0.1) is 10.4 Å². The minimum Gasteiger partial charge on any atom is -0.392 e. The Balaban J connectivity index is 1.99. The predicted octanol–water partition coefficient (Wildman–Crippen LogP) is 1.35. The first kappa shape index (κ1) is 16.2. The van der Waals surface area contributed by atoms with Crippen molar-refractivity contribution in [3.05, 3.63) is 0 Å². The summed E-state index contributed by atoms with van der Waals surface area (Å²) < 4.78 is 0. The number of amides is 2. The molecule has 1 aliphatic carbocycles. The van der Waals surface area contributed by atoms with E-state index in [2.05, 4.69) is 5.32 Å². The summed E-state index contributed by atoms with van der Waals surface area (Å²) >= 11 is 5.23. The molecular formula is C15H25N3O2S. The third-order valence-corrected chi connectivity index (χ3v) is 5.17. The molecule has 21 heavy (non-hydrogen) atoms. The Hall–Kier alpha value is -1.17. The predicted molar refractivity (Wildman–Crippen MR) is 85.7 cm³/mol. The maximum atomic E-state index is 12.9. The van der Waals surface area contributed by atoms with Crippen molar-refractivity contribution in [3.8, 4) is 0 Å². The smallest absolute Gasteiger partial charge is 0.235 e. The van der Waals surface area contributed by atoms with Crippen LogP contribution in [-0.4, -0.2) is 40.8 Å². The van der Waals surface area contributed by atoms with Gasteiger partial charge in [-0.1, -0.05) is 31.5 Å². The van der Waals surface area contributed by atoms with Crippen molar-refractivity contribution in [2.45, 2.75) is 57.9 Å². The van der Waals surface area contributed by atoms with Crippen LogP contribution < -0.4 is 11.1 Å². The average Bonchev–Trinajstić information content (AvgIpc) is 2.47. The van der Waals surface area contributed by atoms with Gasteiger partial charge in [-0.3, -0.25) is 9.59 Å². The van der Waals surface area contributed by atoms with E-state index >= 15 is 0 Å². The number of carbonyl (C=O) groups is 2. The fourth-order valence-electron chi connectivity index (χ4n) is 3.54. The zero-order valence-electron chi connectivity index (χ0n) is 12.7. The van der Waals surface area contributed by atoms with Gasteiger partial charge in [0.1, 0.15) is 0 Å². The molecular weight excluding hydrogens is 286 g/mol. The first-order chi connectivity index (χ1) is 9.95. The second-order valence-electron chi connectivity index (χ2n) is 6.27. The highest BCUT2D eigenvalue weighted by Gasteiger charge is 2.45. The van der Waals surface area contributed by atoms with E-state index in [0.717, 1.165) is 44.9 Å². The maximum absolute atomic E-state index is 12.9. The first-order valence-corrected chi connectivity index (χ1v) is 8.23. The SMILES string of the molecule is CC(=O)NC1CCN(C(=O)C2(C(N)=S)CCCCC2)CC1. The molecule has 0 aromatic rings. The quantitative estimate of drug-likeness (QED) is 0.772. The molecule has 0 aromatic carbocycles. The topological polar surface area (TPSA) is 75.4 Å². The lowest BCUT2D eigenvalue weighted by atomic mass is 9.72. The molecule has 2 amide bonds. The van der Waals surface area contributed by atoms with Crippen LogP contribution in [0.2, 0.25) is 0 Å². The number of hydrogen-bond donors (Lipinski definition) is 2. The van der Waals surface area contributed by atoms with Crippen LogP contribution in [0.25, 0.3) is 0 Å². The molecule has 1 saturated heterocycles. The highest BCUT2D eigenvalue weighted by Crippen LogP contribution is 2.39. The van der Waals surface area contributed by atoms with Gasteiger partial charge in [0.2, 0.25) is 11.8 Å². The lowest BCUT2D eigenvalue weighted by Gasteiger charge is -2.41. The molecule has 6 heteroatoms. The van der Waals surface area contributed by atoms with Crippen molar-refractivity contribution in [2.75, 3.05) is 13.1 Å². The Morgan fingerprint density at radius 1 is 1.19 bits per heavy atom. The largest absolute Gasteiger partial charge is 0.392 e. The molecule has 0 spiro atoms. The van der Waals surface area contributed by atoms with Crippen LogP contribution in [0, 0.1) is 5.41 Å². The molecule has 2 rings (SSSR count). The van der Waals surface area contributed by atoms with E-state index in [1.165, 1.54) is 6.92 Å². The van der Waals surface area contributed by atoms with Crippen molar-refractivity contribution in [2.24, 2.45) is 11.1 Å².